The summed E-state index contributed by atoms with van der Waals surface area (Å²) in [6, 6.07) is 23.6. The molecule has 3 aromatic carbocycles. The lowest BCUT2D eigenvalue weighted by molar-refractivity contribution is -0.144. The number of likely N-dealkylation sites (tertiary alicyclic amines) is 1. The number of benzene rings is 3. The van der Waals surface area contributed by atoms with E-state index in [9.17, 15) is 24.6 Å². The van der Waals surface area contributed by atoms with Crippen molar-refractivity contribution < 1.29 is 34.1 Å². The Labute approximate surface area is 271 Å². The maximum absolute atomic E-state index is 13.8. The molecule has 2 fully saturated rings. The summed E-state index contributed by atoms with van der Waals surface area (Å²) in [6.07, 6.45) is 1.20. The number of methoxy groups -OCH3 is 1. The third-order valence-corrected chi connectivity index (χ3v) is 8.88. The zero-order valence-electron chi connectivity index (χ0n) is 25.8. The predicted octanol–water partition coefficient (Wildman–Crippen LogP) is 4.32. The zero-order valence-corrected chi connectivity index (χ0v) is 25.8. The van der Waals surface area contributed by atoms with Crippen LogP contribution in [0.3, 0.4) is 0 Å². The van der Waals surface area contributed by atoms with Gasteiger partial charge in [-0.15, -0.1) is 6.58 Å². The highest BCUT2D eigenvalue weighted by Crippen LogP contribution is 2.45. The Morgan fingerprint density at radius 1 is 1.09 bits per heavy atom. The molecule has 11 nitrogen and oxygen atoms in total. The van der Waals surface area contributed by atoms with Crippen LogP contribution in [0.4, 0.5) is 4.79 Å². The number of aliphatic hydroxyl groups is 1. The highest BCUT2D eigenvalue weighted by Gasteiger charge is 2.61. The van der Waals surface area contributed by atoms with Crippen molar-refractivity contribution in [1.29, 1.82) is 0 Å². The van der Waals surface area contributed by atoms with E-state index in [-0.39, 0.29) is 26.0 Å². The molecule has 0 unspecified atom stereocenters. The van der Waals surface area contributed by atoms with Crippen LogP contribution in [0, 0.1) is 5.92 Å². The summed E-state index contributed by atoms with van der Waals surface area (Å²) >= 11 is 0. The largest absolute Gasteiger partial charge is 0.497 e. The fourth-order valence-corrected chi connectivity index (χ4v) is 6.16. The molecule has 6 rings (SSSR count). The van der Waals surface area contributed by atoms with Crippen LogP contribution in [0.15, 0.2) is 97.6 Å². The highest BCUT2D eigenvalue weighted by molar-refractivity contribution is 5.95. The lowest BCUT2D eigenvalue weighted by atomic mass is 10.1. The van der Waals surface area contributed by atoms with Crippen molar-refractivity contribution in [2.24, 2.45) is 5.92 Å². The first kappa shape index (κ1) is 31.6. The van der Waals surface area contributed by atoms with Crippen molar-refractivity contribution in [3.05, 3.63) is 103 Å². The zero-order chi connectivity index (χ0) is 33.1. The van der Waals surface area contributed by atoms with E-state index in [1.54, 1.807) is 37.4 Å². The van der Waals surface area contributed by atoms with Gasteiger partial charge in [0.2, 0.25) is 5.91 Å². The van der Waals surface area contributed by atoms with Crippen molar-refractivity contribution in [1.82, 2.24) is 20.5 Å². The number of carbonyl (C=O) groups excluding carboxylic acids is 2. The lowest BCUT2D eigenvalue weighted by Gasteiger charge is -2.27. The van der Waals surface area contributed by atoms with Gasteiger partial charge in [0.1, 0.15) is 29.2 Å². The standard InChI is InChI=1S/C36H36N4O7/c1-3-24-19-36(24,34(43)44)39-33(42)31-17-26(20-40(31)35(45)38-30(21-41)23-12-8-5-9-13-23)47-32-18-28(22-10-6-4-7-11-22)37-29-16-25(46-2)14-15-27(29)32/h3-16,18,24,26,30-31,41H,1,17,19-21H2,2H3,(H,38,45)(H,39,42)(H,43,44)/t24-,26-,30+,31+,36-/m1/s1. The number of nitrogens with one attached hydrogen (secondary N) is 2. The van der Waals surface area contributed by atoms with Crippen LogP contribution in [0.25, 0.3) is 22.2 Å². The summed E-state index contributed by atoms with van der Waals surface area (Å²) in [7, 11) is 1.58. The van der Waals surface area contributed by atoms with Crippen LogP contribution >= 0.6 is 0 Å². The number of aliphatic carboxylic acids is 1. The molecule has 11 heteroatoms. The van der Waals surface area contributed by atoms with E-state index in [1.807, 2.05) is 54.6 Å². The molecule has 1 saturated heterocycles. The van der Waals surface area contributed by atoms with Crippen LogP contribution in [-0.2, 0) is 9.59 Å². The number of rotatable bonds is 11. The fraction of sp³-hybridized carbons (Fsp3) is 0.278. The van der Waals surface area contributed by atoms with Crippen LogP contribution in [0.2, 0.25) is 0 Å². The van der Waals surface area contributed by atoms with E-state index in [0.29, 0.717) is 28.3 Å². The molecule has 2 heterocycles. The number of nitrogens with zero attached hydrogens (tertiary/aromatic N) is 2. The Kier molecular flexibility index (Phi) is 8.82. The molecule has 1 aliphatic carbocycles. The minimum absolute atomic E-state index is 0.0302. The number of carboxylic acids is 1. The van der Waals surface area contributed by atoms with E-state index in [4.69, 9.17) is 14.5 Å². The van der Waals surface area contributed by atoms with Crippen molar-refractivity contribution in [2.75, 3.05) is 20.3 Å². The maximum Gasteiger partial charge on any atom is 0.330 e. The molecule has 1 saturated carbocycles. The number of carboxylic acid groups (broad SMARTS) is 1. The Morgan fingerprint density at radius 3 is 2.45 bits per heavy atom. The molecule has 3 amide bonds. The van der Waals surface area contributed by atoms with Gasteiger partial charge in [-0.2, -0.15) is 0 Å². The SMILES string of the molecule is C=C[C@@H]1C[C@]1(NC(=O)[C@@H]1C[C@@H](Oc2cc(-c3ccccc3)nc3cc(OC)ccc23)CN1C(=O)N[C@@H](CO)c1ccccc1)C(=O)O. The first-order valence-corrected chi connectivity index (χ1v) is 15.4. The number of pyridine rings is 1. The van der Waals surface area contributed by atoms with Crippen LogP contribution in [0.5, 0.6) is 11.5 Å². The normalized spacial score (nSPS) is 22.3. The summed E-state index contributed by atoms with van der Waals surface area (Å²) in [6.45, 7) is 3.36. The highest BCUT2D eigenvalue weighted by atomic mass is 16.5. The van der Waals surface area contributed by atoms with Gasteiger partial charge in [-0.3, -0.25) is 4.79 Å². The van der Waals surface area contributed by atoms with Crippen molar-refractivity contribution in [3.8, 4) is 22.8 Å². The molecule has 47 heavy (non-hydrogen) atoms. The number of aromatic nitrogens is 1. The van der Waals surface area contributed by atoms with E-state index in [1.165, 1.54) is 11.0 Å². The Bertz CT molecular complexity index is 1800. The maximum atomic E-state index is 13.8. The van der Waals surface area contributed by atoms with Crippen molar-refractivity contribution in [3.63, 3.8) is 0 Å². The second-order valence-electron chi connectivity index (χ2n) is 11.8. The van der Waals surface area contributed by atoms with Gasteiger partial charge in [0.15, 0.2) is 0 Å². The Hall–Kier alpha value is -5.42. The van der Waals surface area contributed by atoms with Gasteiger partial charge < -0.3 is 35.2 Å². The molecule has 0 spiro atoms. The minimum atomic E-state index is -1.47. The molecular formula is C36H36N4O7. The first-order valence-electron chi connectivity index (χ1n) is 15.4. The number of ether oxygens (including phenoxy) is 2. The molecule has 1 aromatic heterocycles. The number of urea groups is 1. The molecule has 5 atom stereocenters. The number of fused-ring (bicyclic) bond motifs is 1. The molecule has 242 valence electrons. The van der Waals surface area contributed by atoms with Gasteiger partial charge in [-0.1, -0.05) is 66.7 Å². The fourth-order valence-electron chi connectivity index (χ4n) is 6.16. The van der Waals surface area contributed by atoms with E-state index >= 15 is 0 Å². The number of carbonyl (C=O) groups is 3. The van der Waals surface area contributed by atoms with Gasteiger partial charge in [0, 0.05) is 35.4 Å². The van der Waals surface area contributed by atoms with Crippen LogP contribution < -0.4 is 20.1 Å². The first-order chi connectivity index (χ1) is 22.8. The van der Waals surface area contributed by atoms with Crippen molar-refractivity contribution >= 4 is 28.8 Å². The molecule has 4 aromatic rings. The summed E-state index contributed by atoms with van der Waals surface area (Å²) in [4.78, 5) is 45.9. The van der Waals surface area contributed by atoms with Gasteiger partial charge in [0.05, 0.1) is 37.5 Å². The summed E-state index contributed by atoms with van der Waals surface area (Å²) in [5.74, 6) is -1.05. The van der Waals surface area contributed by atoms with Gasteiger partial charge >= 0.3 is 12.0 Å². The van der Waals surface area contributed by atoms with E-state index < -0.39 is 47.6 Å². The summed E-state index contributed by atoms with van der Waals surface area (Å²) < 4.78 is 12.0. The third-order valence-electron chi connectivity index (χ3n) is 8.88. The molecule has 2 aliphatic rings. The molecule has 1 aliphatic heterocycles. The summed E-state index contributed by atoms with van der Waals surface area (Å²) in [5, 5.41) is 26.3. The van der Waals surface area contributed by atoms with E-state index in [0.717, 1.165) is 10.9 Å². The van der Waals surface area contributed by atoms with Gasteiger partial charge in [-0.25, -0.2) is 14.6 Å². The second-order valence-corrected chi connectivity index (χ2v) is 11.8. The monoisotopic (exact) mass is 636 g/mol. The average Bonchev–Trinajstić information content (AvgIpc) is 3.66. The second kappa shape index (κ2) is 13.1. The summed E-state index contributed by atoms with van der Waals surface area (Å²) in [5.41, 5.74) is 1.42. The smallest absolute Gasteiger partial charge is 0.330 e. The Balaban J connectivity index is 1.31. The topological polar surface area (TPSA) is 150 Å². The predicted molar refractivity (Wildman–Crippen MR) is 175 cm³/mol. The Morgan fingerprint density at radius 2 is 1.81 bits per heavy atom. The third kappa shape index (κ3) is 6.34. The van der Waals surface area contributed by atoms with E-state index in [2.05, 4.69) is 17.2 Å². The quantitative estimate of drug-likeness (QED) is 0.178. The minimum Gasteiger partial charge on any atom is -0.497 e. The number of amides is 3. The number of hydrogen-bond donors (Lipinski definition) is 4. The molecule has 0 radical (unpaired) electrons. The van der Waals surface area contributed by atoms with Gasteiger partial charge in [-0.05, 0) is 24.1 Å². The number of aliphatic hydroxyl groups excluding tert-OH is 1. The molecule has 4 N–H and O–H groups in total. The van der Waals surface area contributed by atoms with Crippen LogP contribution in [0.1, 0.15) is 24.4 Å². The number of hydrogen-bond acceptors (Lipinski definition) is 7. The molecule has 0 bridgehead atoms. The lowest BCUT2D eigenvalue weighted by Crippen LogP contribution is -2.54. The molecular weight excluding hydrogens is 600 g/mol. The average molecular weight is 637 g/mol. The van der Waals surface area contributed by atoms with Gasteiger partial charge in [0.25, 0.3) is 0 Å². The van der Waals surface area contributed by atoms with Crippen LogP contribution in [-0.4, -0.2) is 76.0 Å². The van der Waals surface area contributed by atoms with Crippen molar-refractivity contribution in [2.45, 2.75) is 36.6 Å².